The SMILES string of the molecule is CCOc1ccccc1-c1n[nH]c(=S)n1/N=C\c1ccc(-c2ccccc2)s1. The number of benzene rings is 2. The van der Waals surface area contributed by atoms with Crippen molar-refractivity contribution in [3.05, 3.63) is 76.4 Å². The third-order valence-electron chi connectivity index (χ3n) is 4.06. The summed E-state index contributed by atoms with van der Waals surface area (Å²) in [6.07, 6.45) is 1.80. The third kappa shape index (κ3) is 3.81. The number of hydrogen-bond acceptors (Lipinski definition) is 5. The third-order valence-corrected chi connectivity index (χ3v) is 5.40. The van der Waals surface area contributed by atoms with Gasteiger partial charge in [0.15, 0.2) is 5.82 Å². The molecule has 0 saturated carbocycles. The van der Waals surface area contributed by atoms with E-state index in [1.54, 1.807) is 22.2 Å². The van der Waals surface area contributed by atoms with E-state index >= 15 is 0 Å². The molecule has 0 bridgehead atoms. The van der Waals surface area contributed by atoms with Crippen molar-refractivity contribution < 1.29 is 4.74 Å². The Morgan fingerprint density at radius 3 is 2.71 bits per heavy atom. The Hall–Kier alpha value is -3.03. The van der Waals surface area contributed by atoms with Crippen molar-refractivity contribution >= 4 is 29.8 Å². The maximum Gasteiger partial charge on any atom is 0.216 e. The summed E-state index contributed by atoms with van der Waals surface area (Å²) in [5, 5.41) is 11.7. The summed E-state index contributed by atoms with van der Waals surface area (Å²) in [4.78, 5) is 2.23. The maximum absolute atomic E-state index is 5.72. The van der Waals surface area contributed by atoms with Crippen LogP contribution in [0.25, 0.3) is 21.8 Å². The number of rotatable bonds is 6. The monoisotopic (exact) mass is 406 g/mol. The van der Waals surface area contributed by atoms with Crippen molar-refractivity contribution in [2.75, 3.05) is 6.61 Å². The quantitative estimate of drug-likeness (QED) is 0.334. The van der Waals surface area contributed by atoms with E-state index in [4.69, 9.17) is 17.0 Å². The summed E-state index contributed by atoms with van der Waals surface area (Å²) < 4.78 is 7.77. The second kappa shape index (κ2) is 8.33. The molecule has 2 heterocycles. The summed E-state index contributed by atoms with van der Waals surface area (Å²) in [7, 11) is 0. The predicted octanol–water partition coefficient (Wildman–Crippen LogP) is 5.62. The highest BCUT2D eigenvalue weighted by molar-refractivity contribution is 7.71. The molecule has 5 nitrogen and oxygen atoms in total. The number of para-hydroxylation sites is 1. The molecule has 140 valence electrons. The van der Waals surface area contributed by atoms with Crippen LogP contribution in [0.15, 0.2) is 71.8 Å². The molecule has 0 aliphatic rings. The van der Waals surface area contributed by atoms with Crippen LogP contribution < -0.4 is 4.74 Å². The van der Waals surface area contributed by atoms with Crippen molar-refractivity contribution in [1.82, 2.24) is 14.9 Å². The van der Waals surface area contributed by atoms with Crippen LogP contribution in [0.5, 0.6) is 5.75 Å². The minimum Gasteiger partial charge on any atom is -0.493 e. The summed E-state index contributed by atoms with van der Waals surface area (Å²) in [5.41, 5.74) is 2.03. The van der Waals surface area contributed by atoms with Gasteiger partial charge in [-0.25, -0.2) is 5.10 Å². The summed E-state index contributed by atoms with van der Waals surface area (Å²) in [6, 6.07) is 22.2. The average molecular weight is 407 g/mol. The van der Waals surface area contributed by atoms with E-state index in [2.05, 4.69) is 33.5 Å². The van der Waals surface area contributed by atoms with E-state index in [0.717, 1.165) is 16.2 Å². The predicted molar refractivity (Wildman–Crippen MR) is 117 cm³/mol. The standard InChI is InChI=1S/C21H18N4OS2/c1-2-26-18-11-7-6-10-17(18)20-23-24-21(27)25(20)22-14-16-12-13-19(28-16)15-8-4-3-5-9-15/h3-14H,2H2,1H3,(H,24,27)/b22-14-. The number of ether oxygens (including phenoxy) is 1. The summed E-state index contributed by atoms with van der Waals surface area (Å²) >= 11 is 7.05. The van der Waals surface area contributed by atoms with Gasteiger partial charge in [0.05, 0.1) is 18.4 Å². The van der Waals surface area contributed by atoms with Crippen LogP contribution in [0.2, 0.25) is 0 Å². The first kappa shape index (κ1) is 18.3. The van der Waals surface area contributed by atoms with Gasteiger partial charge in [-0.1, -0.05) is 42.5 Å². The van der Waals surface area contributed by atoms with Gasteiger partial charge in [0.2, 0.25) is 4.77 Å². The average Bonchev–Trinajstić information content (AvgIpc) is 3.35. The van der Waals surface area contributed by atoms with Gasteiger partial charge < -0.3 is 4.74 Å². The number of hydrogen-bond donors (Lipinski definition) is 1. The molecule has 0 aliphatic heterocycles. The van der Waals surface area contributed by atoms with E-state index in [0.29, 0.717) is 17.2 Å². The van der Waals surface area contributed by atoms with Crippen molar-refractivity contribution in [1.29, 1.82) is 0 Å². The minimum absolute atomic E-state index is 0.428. The van der Waals surface area contributed by atoms with Crippen LogP contribution in [-0.4, -0.2) is 27.7 Å². The van der Waals surface area contributed by atoms with Gasteiger partial charge in [-0.05, 0) is 49.0 Å². The van der Waals surface area contributed by atoms with Crippen LogP contribution in [0.1, 0.15) is 11.8 Å². The molecule has 2 aromatic carbocycles. The smallest absolute Gasteiger partial charge is 0.216 e. The van der Waals surface area contributed by atoms with Crippen molar-refractivity contribution in [3.8, 4) is 27.6 Å². The second-order valence-corrected chi connectivity index (χ2v) is 7.41. The van der Waals surface area contributed by atoms with Gasteiger partial charge in [0.25, 0.3) is 0 Å². The van der Waals surface area contributed by atoms with Gasteiger partial charge >= 0.3 is 0 Å². The molecule has 2 aromatic heterocycles. The van der Waals surface area contributed by atoms with Crippen LogP contribution in [0.4, 0.5) is 0 Å². The van der Waals surface area contributed by atoms with Gasteiger partial charge in [-0.15, -0.1) is 11.3 Å². The highest BCUT2D eigenvalue weighted by Gasteiger charge is 2.13. The Kier molecular flexibility index (Phi) is 5.45. The Balaban J connectivity index is 1.66. The van der Waals surface area contributed by atoms with E-state index < -0.39 is 0 Å². The van der Waals surface area contributed by atoms with Crippen molar-refractivity contribution in [2.24, 2.45) is 5.10 Å². The van der Waals surface area contributed by atoms with Crippen LogP contribution in [-0.2, 0) is 0 Å². The fraction of sp³-hybridized carbons (Fsp3) is 0.0952. The van der Waals surface area contributed by atoms with E-state index in [1.165, 1.54) is 10.4 Å². The molecule has 4 rings (SSSR count). The first-order valence-corrected chi connectivity index (χ1v) is 10.1. The molecule has 0 atom stereocenters. The molecule has 0 spiro atoms. The first-order valence-electron chi connectivity index (χ1n) is 8.85. The molecule has 0 aliphatic carbocycles. The largest absolute Gasteiger partial charge is 0.493 e. The Labute approximate surface area is 172 Å². The summed E-state index contributed by atoms with van der Waals surface area (Å²) in [6.45, 7) is 2.52. The van der Waals surface area contributed by atoms with E-state index in [9.17, 15) is 0 Å². The zero-order chi connectivity index (χ0) is 19.3. The van der Waals surface area contributed by atoms with Gasteiger partial charge in [-0.3, -0.25) is 0 Å². The fourth-order valence-electron chi connectivity index (χ4n) is 2.80. The maximum atomic E-state index is 5.72. The number of nitrogens with zero attached hydrogens (tertiary/aromatic N) is 3. The molecule has 0 unspecified atom stereocenters. The molecular weight excluding hydrogens is 388 g/mol. The molecule has 4 aromatic rings. The lowest BCUT2D eigenvalue weighted by Gasteiger charge is -2.08. The minimum atomic E-state index is 0.428. The number of H-pyrrole nitrogens is 1. The zero-order valence-electron chi connectivity index (χ0n) is 15.2. The number of aromatic nitrogens is 3. The lowest BCUT2D eigenvalue weighted by molar-refractivity contribution is 0.341. The molecule has 7 heteroatoms. The molecule has 1 N–H and O–H groups in total. The van der Waals surface area contributed by atoms with Gasteiger partial charge in [-0.2, -0.15) is 14.9 Å². The lowest BCUT2D eigenvalue weighted by Crippen LogP contribution is -1.98. The number of thiophene rings is 1. The number of nitrogens with one attached hydrogen (secondary N) is 1. The lowest BCUT2D eigenvalue weighted by atomic mass is 10.2. The molecule has 0 fully saturated rings. The Morgan fingerprint density at radius 2 is 1.89 bits per heavy atom. The van der Waals surface area contributed by atoms with Crippen LogP contribution in [0, 0.1) is 4.77 Å². The van der Waals surface area contributed by atoms with E-state index in [-0.39, 0.29) is 0 Å². The van der Waals surface area contributed by atoms with Gasteiger partial charge in [0, 0.05) is 9.75 Å². The van der Waals surface area contributed by atoms with Gasteiger partial charge in [0.1, 0.15) is 5.75 Å². The second-order valence-electron chi connectivity index (χ2n) is 5.91. The molecule has 0 amide bonds. The molecule has 28 heavy (non-hydrogen) atoms. The van der Waals surface area contributed by atoms with Crippen molar-refractivity contribution in [3.63, 3.8) is 0 Å². The normalized spacial score (nSPS) is 11.2. The first-order chi connectivity index (χ1) is 13.8. The molecular formula is C21H18N4OS2. The highest BCUT2D eigenvalue weighted by atomic mass is 32.1. The Bertz CT molecular complexity index is 1160. The van der Waals surface area contributed by atoms with Crippen LogP contribution >= 0.6 is 23.6 Å². The fourth-order valence-corrected chi connectivity index (χ4v) is 3.86. The topological polar surface area (TPSA) is 55.2 Å². The van der Waals surface area contributed by atoms with Crippen molar-refractivity contribution in [2.45, 2.75) is 6.92 Å². The molecule has 0 saturated heterocycles. The zero-order valence-corrected chi connectivity index (χ0v) is 16.8. The van der Waals surface area contributed by atoms with E-state index in [1.807, 2.05) is 55.5 Å². The molecule has 0 radical (unpaired) electrons. The Morgan fingerprint density at radius 1 is 1.11 bits per heavy atom. The summed E-state index contributed by atoms with van der Waals surface area (Å²) in [5.74, 6) is 1.36. The highest BCUT2D eigenvalue weighted by Crippen LogP contribution is 2.29. The number of aromatic amines is 1. The van der Waals surface area contributed by atoms with Crippen LogP contribution in [0.3, 0.4) is 0 Å².